The molecule has 2 aromatic heterocycles. The molecule has 0 saturated carbocycles. The second-order valence-electron chi connectivity index (χ2n) is 4.78. The monoisotopic (exact) mass is 376 g/mol. The highest BCUT2D eigenvalue weighted by molar-refractivity contribution is 5.83. The van der Waals surface area contributed by atoms with Crippen molar-refractivity contribution in [3.05, 3.63) is 72.8 Å². The molecule has 150 valence electrons. The minimum Gasteiger partial charge on any atom is -0.246 e. The molecule has 4 aromatic rings. The molecule has 4 rings (SSSR count). The zero-order valence-corrected chi connectivity index (χ0v) is 18.8. The van der Waals surface area contributed by atoms with Gasteiger partial charge in [-0.2, -0.15) is 0 Å². The molecule has 0 aliphatic carbocycles. The minimum atomic E-state index is 0.912. The quantitative estimate of drug-likeness (QED) is 0.332. The highest BCUT2D eigenvalue weighted by Gasteiger charge is 2.03. The van der Waals surface area contributed by atoms with E-state index in [9.17, 15) is 0 Å². The van der Waals surface area contributed by atoms with E-state index < -0.39 is 0 Å². The Bertz CT molecular complexity index is 837. The Hall–Kier alpha value is -2.74. The van der Waals surface area contributed by atoms with Gasteiger partial charge in [0.25, 0.3) is 0 Å². The third-order valence-electron chi connectivity index (χ3n) is 3.46. The zero-order valence-electron chi connectivity index (χ0n) is 18.8. The SMILES string of the molecule is CC.CC.CC.CC.c1ccc2nc(-c3ccc4ccccc4n3)ccc2c1. The molecular weight excluding hydrogens is 340 g/mol. The standard InChI is InChI=1S/C18H12N2.4C2H6/c1-3-7-15-13(5-1)9-11-17(19-15)18-12-10-14-6-2-4-8-16(14)20-18;4*1-2/h1-12H;4*1-2H3. The first-order chi connectivity index (χ1) is 13.9. The van der Waals surface area contributed by atoms with Gasteiger partial charge in [-0.25, -0.2) is 9.97 Å². The van der Waals surface area contributed by atoms with Crippen LogP contribution in [0.1, 0.15) is 55.4 Å². The summed E-state index contributed by atoms with van der Waals surface area (Å²) in [6.45, 7) is 16.0. The van der Waals surface area contributed by atoms with Crippen molar-refractivity contribution in [3.63, 3.8) is 0 Å². The van der Waals surface area contributed by atoms with E-state index in [0.29, 0.717) is 0 Å². The fourth-order valence-corrected chi connectivity index (χ4v) is 2.42. The maximum absolute atomic E-state index is 4.69. The second-order valence-corrected chi connectivity index (χ2v) is 4.78. The molecule has 2 heteroatoms. The predicted molar refractivity (Wildman–Crippen MR) is 128 cm³/mol. The number of fused-ring (bicyclic) bond motifs is 2. The van der Waals surface area contributed by atoms with E-state index in [1.54, 1.807) is 0 Å². The molecule has 0 unspecified atom stereocenters. The number of para-hydroxylation sites is 2. The van der Waals surface area contributed by atoms with E-state index in [0.717, 1.165) is 33.2 Å². The fourth-order valence-electron chi connectivity index (χ4n) is 2.42. The first-order valence-corrected chi connectivity index (χ1v) is 10.6. The molecule has 2 nitrogen and oxygen atoms in total. The molecule has 0 aliphatic heterocycles. The molecule has 0 saturated heterocycles. The van der Waals surface area contributed by atoms with Gasteiger partial charge in [0, 0.05) is 10.8 Å². The van der Waals surface area contributed by atoms with Crippen molar-refractivity contribution in [2.75, 3.05) is 0 Å². The number of benzene rings is 2. The van der Waals surface area contributed by atoms with Gasteiger partial charge in [0.2, 0.25) is 0 Å². The van der Waals surface area contributed by atoms with Crippen LogP contribution in [0.15, 0.2) is 72.8 Å². The molecule has 0 aliphatic rings. The van der Waals surface area contributed by atoms with Crippen molar-refractivity contribution < 1.29 is 0 Å². The van der Waals surface area contributed by atoms with Crippen molar-refractivity contribution in [2.45, 2.75) is 55.4 Å². The van der Waals surface area contributed by atoms with Crippen molar-refractivity contribution >= 4 is 21.8 Å². The molecule has 28 heavy (non-hydrogen) atoms. The second kappa shape index (κ2) is 15.3. The van der Waals surface area contributed by atoms with Crippen LogP contribution >= 0.6 is 0 Å². The van der Waals surface area contributed by atoms with Gasteiger partial charge in [-0.15, -0.1) is 0 Å². The van der Waals surface area contributed by atoms with E-state index in [1.165, 1.54) is 0 Å². The number of hydrogen-bond donors (Lipinski definition) is 0. The van der Waals surface area contributed by atoms with E-state index in [2.05, 4.69) is 34.2 Å². The predicted octanol–water partition coefficient (Wildman–Crippen LogP) is 8.55. The molecule has 0 atom stereocenters. The number of nitrogens with zero attached hydrogens (tertiary/aromatic N) is 2. The van der Waals surface area contributed by atoms with Crippen LogP contribution in [-0.4, -0.2) is 9.97 Å². The summed E-state index contributed by atoms with van der Waals surface area (Å²) in [5.74, 6) is 0. The summed E-state index contributed by atoms with van der Waals surface area (Å²) in [4.78, 5) is 9.38. The highest BCUT2D eigenvalue weighted by Crippen LogP contribution is 2.21. The van der Waals surface area contributed by atoms with Crippen molar-refractivity contribution in [3.8, 4) is 11.4 Å². The Balaban J connectivity index is 0.000000818. The number of hydrogen-bond acceptors (Lipinski definition) is 2. The Morgan fingerprint density at radius 2 is 0.714 bits per heavy atom. The molecule has 0 spiro atoms. The lowest BCUT2D eigenvalue weighted by Crippen LogP contribution is -1.89. The van der Waals surface area contributed by atoms with Gasteiger partial charge in [-0.1, -0.05) is 104 Å². The van der Waals surface area contributed by atoms with Crippen LogP contribution < -0.4 is 0 Å². The van der Waals surface area contributed by atoms with Gasteiger partial charge >= 0.3 is 0 Å². The normalized spacial score (nSPS) is 8.71. The van der Waals surface area contributed by atoms with Gasteiger partial charge in [0.15, 0.2) is 0 Å². The van der Waals surface area contributed by atoms with Crippen LogP contribution in [0.4, 0.5) is 0 Å². The number of pyridine rings is 2. The molecule has 2 heterocycles. The van der Waals surface area contributed by atoms with Gasteiger partial charge in [0.1, 0.15) is 0 Å². The van der Waals surface area contributed by atoms with Crippen molar-refractivity contribution in [2.24, 2.45) is 0 Å². The maximum Gasteiger partial charge on any atom is 0.0894 e. The van der Waals surface area contributed by atoms with E-state index >= 15 is 0 Å². The summed E-state index contributed by atoms with van der Waals surface area (Å²) in [6.07, 6.45) is 0. The fraction of sp³-hybridized carbons (Fsp3) is 0.308. The Morgan fingerprint density at radius 3 is 1.07 bits per heavy atom. The van der Waals surface area contributed by atoms with E-state index in [1.807, 2.05) is 104 Å². The lowest BCUT2D eigenvalue weighted by Gasteiger charge is -2.04. The largest absolute Gasteiger partial charge is 0.246 e. The lowest BCUT2D eigenvalue weighted by molar-refractivity contribution is 1.32. The third-order valence-corrected chi connectivity index (χ3v) is 3.46. The van der Waals surface area contributed by atoms with Crippen molar-refractivity contribution in [1.82, 2.24) is 9.97 Å². The molecular formula is C26H36N2. The van der Waals surface area contributed by atoms with Crippen LogP contribution in [-0.2, 0) is 0 Å². The van der Waals surface area contributed by atoms with Gasteiger partial charge < -0.3 is 0 Å². The van der Waals surface area contributed by atoms with Gasteiger partial charge in [-0.05, 0) is 24.3 Å². The van der Waals surface area contributed by atoms with E-state index in [4.69, 9.17) is 0 Å². The summed E-state index contributed by atoms with van der Waals surface area (Å²) in [7, 11) is 0. The molecule has 0 amide bonds. The van der Waals surface area contributed by atoms with Crippen molar-refractivity contribution in [1.29, 1.82) is 0 Å². The van der Waals surface area contributed by atoms with Crippen LogP contribution in [0.3, 0.4) is 0 Å². The summed E-state index contributed by atoms with van der Waals surface area (Å²) in [6, 6.07) is 24.5. The number of rotatable bonds is 1. The van der Waals surface area contributed by atoms with Gasteiger partial charge in [-0.3, -0.25) is 0 Å². The smallest absolute Gasteiger partial charge is 0.0894 e. The molecule has 2 aromatic carbocycles. The first kappa shape index (κ1) is 25.3. The first-order valence-electron chi connectivity index (χ1n) is 10.6. The zero-order chi connectivity index (χ0) is 21.4. The van der Waals surface area contributed by atoms with E-state index in [-0.39, 0.29) is 0 Å². The minimum absolute atomic E-state index is 0.912. The Labute approximate surface area is 171 Å². The summed E-state index contributed by atoms with van der Waals surface area (Å²) >= 11 is 0. The number of aromatic nitrogens is 2. The van der Waals surface area contributed by atoms with Crippen LogP contribution in [0, 0.1) is 0 Å². The summed E-state index contributed by atoms with van der Waals surface area (Å²) in [5.41, 5.74) is 3.82. The maximum atomic E-state index is 4.69. The van der Waals surface area contributed by atoms with Crippen LogP contribution in [0.25, 0.3) is 33.2 Å². The summed E-state index contributed by atoms with van der Waals surface area (Å²) in [5, 5.41) is 2.30. The lowest BCUT2D eigenvalue weighted by atomic mass is 10.1. The Morgan fingerprint density at radius 1 is 0.393 bits per heavy atom. The molecule has 0 radical (unpaired) electrons. The highest BCUT2D eigenvalue weighted by atomic mass is 14.8. The molecule has 0 fully saturated rings. The van der Waals surface area contributed by atoms with Gasteiger partial charge in [0.05, 0.1) is 22.4 Å². The average Bonchev–Trinajstić information content (AvgIpc) is 2.83. The molecule has 0 bridgehead atoms. The van der Waals surface area contributed by atoms with Crippen LogP contribution in [0.2, 0.25) is 0 Å². The third kappa shape index (κ3) is 6.77. The molecule has 0 N–H and O–H groups in total. The van der Waals surface area contributed by atoms with Crippen LogP contribution in [0.5, 0.6) is 0 Å². The average molecular weight is 377 g/mol. The summed E-state index contributed by atoms with van der Waals surface area (Å²) < 4.78 is 0. The Kier molecular flexibility index (Phi) is 13.8. The topological polar surface area (TPSA) is 25.8 Å².